The van der Waals surface area contributed by atoms with Gasteiger partial charge in [-0.15, -0.1) is 0 Å². The molecule has 1 saturated carbocycles. The van der Waals surface area contributed by atoms with Gasteiger partial charge in [0.1, 0.15) is 11.4 Å². The second kappa shape index (κ2) is 6.53. The molecule has 0 spiro atoms. The molecule has 4 N–H and O–H groups in total. The summed E-state index contributed by atoms with van der Waals surface area (Å²) >= 11 is 0. The molecule has 1 aliphatic rings. The molecule has 7 heteroatoms. The molecule has 2 rings (SSSR count). The number of hydrazine groups is 1. The standard InChI is InChI=1S/C13H21N5O2/c1-2-17(10-6-7-10)9-8-15-11-4-3-5-12(16-14)13(11)18(19)20/h3-5,10,15-16H,2,6-9,14H2,1H3. The molecule has 1 aromatic carbocycles. The number of nitro benzene ring substituents is 1. The molecule has 0 atom stereocenters. The van der Waals surface area contributed by atoms with Crippen LogP contribution < -0.4 is 16.6 Å². The first-order valence-electron chi connectivity index (χ1n) is 6.89. The summed E-state index contributed by atoms with van der Waals surface area (Å²) < 4.78 is 0. The van der Waals surface area contributed by atoms with E-state index >= 15 is 0 Å². The van der Waals surface area contributed by atoms with Gasteiger partial charge in [-0.2, -0.15) is 0 Å². The number of anilines is 2. The van der Waals surface area contributed by atoms with Gasteiger partial charge >= 0.3 is 5.69 Å². The molecule has 0 amide bonds. The van der Waals surface area contributed by atoms with E-state index in [9.17, 15) is 10.1 Å². The van der Waals surface area contributed by atoms with Gasteiger partial charge in [-0.25, -0.2) is 0 Å². The molecule has 1 aromatic rings. The maximum absolute atomic E-state index is 11.1. The molecule has 0 aliphatic heterocycles. The minimum atomic E-state index is -0.421. The highest BCUT2D eigenvalue weighted by atomic mass is 16.6. The van der Waals surface area contributed by atoms with E-state index in [1.54, 1.807) is 18.2 Å². The second-order valence-electron chi connectivity index (χ2n) is 4.89. The molecule has 20 heavy (non-hydrogen) atoms. The Hall–Kier alpha value is -1.86. The number of nitro groups is 1. The van der Waals surface area contributed by atoms with Crippen LogP contribution in [-0.2, 0) is 0 Å². The summed E-state index contributed by atoms with van der Waals surface area (Å²) in [4.78, 5) is 13.1. The van der Waals surface area contributed by atoms with E-state index in [2.05, 4.69) is 22.6 Å². The number of likely N-dealkylation sites (N-methyl/N-ethyl adjacent to an activating group) is 1. The first-order chi connectivity index (χ1) is 9.67. The molecule has 0 aromatic heterocycles. The SMILES string of the molecule is CCN(CCNc1cccc(NN)c1[N+](=O)[O-])C1CC1. The van der Waals surface area contributed by atoms with Crippen molar-refractivity contribution in [3.05, 3.63) is 28.3 Å². The topological polar surface area (TPSA) is 96.5 Å². The number of hydrogen-bond donors (Lipinski definition) is 3. The summed E-state index contributed by atoms with van der Waals surface area (Å²) in [7, 11) is 0. The fraction of sp³-hybridized carbons (Fsp3) is 0.538. The molecule has 1 fully saturated rings. The lowest BCUT2D eigenvalue weighted by atomic mass is 10.2. The molecule has 0 saturated heterocycles. The van der Waals surface area contributed by atoms with Crippen LogP contribution in [0, 0.1) is 10.1 Å². The smallest absolute Gasteiger partial charge is 0.316 e. The molecule has 1 aliphatic carbocycles. The van der Waals surface area contributed by atoms with E-state index in [4.69, 9.17) is 5.84 Å². The zero-order valence-electron chi connectivity index (χ0n) is 11.6. The van der Waals surface area contributed by atoms with E-state index in [0.717, 1.165) is 13.1 Å². The van der Waals surface area contributed by atoms with Crippen molar-refractivity contribution in [1.82, 2.24) is 4.90 Å². The Labute approximate surface area is 118 Å². The monoisotopic (exact) mass is 279 g/mol. The molecular weight excluding hydrogens is 258 g/mol. The second-order valence-corrected chi connectivity index (χ2v) is 4.89. The van der Waals surface area contributed by atoms with Crippen molar-refractivity contribution in [3.8, 4) is 0 Å². The van der Waals surface area contributed by atoms with Crippen molar-refractivity contribution in [2.45, 2.75) is 25.8 Å². The lowest BCUT2D eigenvalue weighted by molar-refractivity contribution is -0.383. The summed E-state index contributed by atoms with van der Waals surface area (Å²) in [6, 6.07) is 5.73. The van der Waals surface area contributed by atoms with Gasteiger partial charge in [-0.3, -0.25) is 20.9 Å². The van der Waals surface area contributed by atoms with Crippen molar-refractivity contribution < 1.29 is 4.92 Å². The van der Waals surface area contributed by atoms with Crippen LogP contribution in [0.4, 0.5) is 17.1 Å². The van der Waals surface area contributed by atoms with Crippen LogP contribution in [0.2, 0.25) is 0 Å². The highest BCUT2D eigenvalue weighted by molar-refractivity contribution is 5.75. The van der Waals surface area contributed by atoms with Gasteiger partial charge in [-0.1, -0.05) is 13.0 Å². The number of nitrogens with two attached hydrogens (primary N) is 1. The Kier molecular flexibility index (Phi) is 4.75. The first kappa shape index (κ1) is 14.5. The number of para-hydroxylation sites is 1. The van der Waals surface area contributed by atoms with Gasteiger partial charge in [0.15, 0.2) is 0 Å². The van der Waals surface area contributed by atoms with Crippen molar-refractivity contribution in [2.24, 2.45) is 5.84 Å². The van der Waals surface area contributed by atoms with Crippen molar-refractivity contribution in [1.29, 1.82) is 0 Å². The largest absolute Gasteiger partial charge is 0.378 e. The third-order valence-electron chi connectivity index (χ3n) is 3.56. The quantitative estimate of drug-likeness (QED) is 0.381. The normalized spacial score (nSPS) is 14.3. The van der Waals surface area contributed by atoms with Crippen LogP contribution >= 0.6 is 0 Å². The minimum absolute atomic E-state index is 0.00975. The average Bonchev–Trinajstić information content (AvgIpc) is 3.27. The van der Waals surface area contributed by atoms with Gasteiger partial charge in [0.25, 0.3) is 0 Å². The zero-order chi connectivity index (χ0) is 14.5. The van der Waals surface area contributed by atoms with Crippen molar-refractivity contribution in [2.75, 3.05) is 30.4 Å². The van der Waals surface area contributed by atoms with Crippen LogP contribution in [0.5, 0.6) is 0 Å². The number of nitrogen functional groups attached to an aromatic ring is 1. The lowest BCUT2D eigenvalue weighted by Gasteiger charge is -2.20. The van der Waals surface area contributed by atoms with Crippen LogP contribution in [-0.4, -0.2) is 35.5 Å². The molecule has 0 heterocycles. The van der Waals surface area contributed by atoms with E-state index in [1.165, 1.54) is 12.8 Å². The van der Waals surface area contributed by atoms with E-state index < -0.39 is 4.92 Å². The van der Waals surface area contributed by atoms with E-state index in [-0.39, 0.29) is 5.69 Å². The fourth-order valence-corrected chi connectivity index (χ4v) is 2.37. The Morgan fingerprint density at radius 2 is 2.15 bits per heavy atom. The fourth-order valence-electron chi connectivity index (χ4n) is 2.37. The third kappa shape index (κ3) is 3.37. The number of nitrogens with zero attached hydrogens (tertiary/aromatic N) is 2. The summed E-state index contributed by atoms with van der Waals surface area (Å²) in [5.41, 5.74) is 3.17. The van der Waals surface area contributed by atoms with Gasteiger partial charge in [0.2, 0.25) is 0 Å². The predicted molar refractivity (Wildman–Crippen MR) is 79.7 cm³/mol. The molecule has 0 radical (unpaired) electrons. The van der Waals surface area contributed by atoms with Crippen molar-refractivity contribution in [3.63, 3.8) is 0 Å². The molecule has 0 unspecified atom stereocenters. The lowest BCUT2D eigenvalue weighted by Crippen LogP contribution is -2.31. The van der Waals surface area contributed by atoms with Crippen LogP contribution in [0.1, 0.15) is 19.8 Å². The Morgan fingerprint density at radius 3 is 2.70 bits per heavy atom. The number of rotatable bonds is 8. The van der Waals surface area contributed by atoms with Gasteiger partial charge in [-0.05, 0) is 31.5 Å². The van der Waals surface area contributed by atoms with E-state index in [0.29, 0.717) is 24.0 Å². The predicted octanol–water partition coefficient (Wildman–Crippen LogP) is 1.78. The van der Waals surface area contributed by atoms with Gasteiger partial charge in [0.05, 0.1) is 4.92 Å². The number of benzene rings is 1. The Morgan fingerprint density at radius 1 is 1.45 bits per heavy atom. The van der Waals surface area contributed by atoms with Crippen LogP contribution in [0.25, 0.3) is 0 Å². The van der Waals surface area contributed by atoms with E-state index in [1.807, 2.05) is 0 Å². The summed E-state index contributed by atoms with van der Waals surface area (Å²) in [5, 5.41) is 14.3. The molecule has 0 bridgehead atoms. The Bertz CT molecular complexity index is 476. The summed E-state index contributed by atoms with van der Waals surface area (Å²) in [6.45, 7) is 4.72. The van der Waals surface area contributed by atoms with Gasteiger partial charge in [0, 0.05) is 19.1 Å². The average molecular weight is 279 g/mol. The van der Waals surface area contributed by atoms with Crippen LogP contribution in [0.15, 0.2) is 18.2 Å². The third-order valence-corrected chi connectivity index (χ3v) is 3.56. The summed E-state index contributed by atoms with van der Waals surface area (Å²) in [6.07, 6.45) is 2.53. The molecule has 7 nitrogen and oxygen atoms in total. The minimum Gasteiger partial charge on any atom is -0.378 e. The Balaban J connectivity index is 1.99. The number of hydrogen-bond acceptors (Lipinski definition) is 6. The number of nitrogens with one attached hydrogen (secondary N) is 2. The maximum atomic E-state index is 11.1. The van der Waals surface area contributed by atoms with Crippen molar-refractivity contribution >= 4 is 17.1 Å². The first-order valence-corrected chi connectivity index (χ1v) is 6.89. The van der Waals surface area contributed by atoms with Crippen LogP contribution in [0.3, 0.4) is 0 Å². The summed E-state index contributed by atoms with van der Waals surface area (Å²) in [5.74, 6) is 5.31. The molecule has 110 valence electrons. The van der Waals surface area contributed by atoms with Gasteiger partial charge < -0.3 is 10.7 Å². The molecular formula is C13H21N5O2. The highest BCUT2D eigenvalue weighted by Crippen LogP contribution is 2.32. The zero-order valence-corrected chi connectivity index (χ0v) is 11.6. The highest BCUT2D eigenvalue weighted by Gasteiger charge is 2.27. The maximum Gasteiger partial charge on any atom is 0.316 e.